The molecule has 0 spiro atoms. The maximum atomic E-state index is 11.8. The van der Waals surface area contributed by atoms with Crippen molar-refractivity contribution in [2.75, 3.05) is 7.11 Å². The minimum atomic E-state index is -1.48. The second-order valence-electron chi connectivity index (χ2n) is 14.4. The topological polar surface area (TPSA) is 35.5 Å². The second-order valence-corrected chi connectivity index (χ2v) is 18.9. The average Bonchev–Trinajstić information content (AvgIpc) is 3.15. The van der Waals surface area contributed by atoms with Gasteiger partial charge in [-0.3, -0.25) is 4.79 Å². The van der Waals surface area contributed by atoms with Crippen LogP contribution in [0.2, 0.25) is 19.6 Å². The molecule has 4 aliphatic rings. The lowest BCUT2D eigenvalue weighted by Crippen LogP contribution is -2.51. The van der Waals surface area contributed by atoms with Gasteiger partial charge < -0.3 is 9.16 Å². The molecule has 0 N–H and O–H groups in total. The van der Waals surface area contributed by atoms with Crippen molar-refractivity contribution in [2.45, 2.75) is 124 Å². The molecule has 3 saturated carbocycles. The summed E-state index contributed by atoms with van der Waals surface area (Å²) in [5.74, 6) is 4.24. The summed E-state index contributed by atoms with van der Waals surface area (Å²) >= 11 is 0. The third-order valence-electron chi connectivity index (χ3n) is 11.2. The molecule has 0 amide bonds. The van der Waals surface area contributed by atoms with Crippen LogP contribution in [0, 0.1) is 46.3 Å². The highest BCUT2D eigenvalue weighted by Crippen LogP contribution is 2.67. The van der Waals surface area contributed by atoms with E-state index in [9.17, 15) is 4.79 Å². The molecule has 0 aromatic carbocycles. The van der Waals surface area contributed by atoms with Crippen LogP contribution in [0.1, 0.15) is 98.3 Å². The van der Waals surface area contributed by atoms with E-state index in [4.69, 9.17) is 9.16 Å². The highest BCUT2D eigenvalue weighted by atomic mass is 28.4. The van der Waals surface area contributed by atoms with Gasteiger partial charge in [0, 0.05) is 6.10 Å². The summed E-state index contributed by atoms with van der Waals surface area (Å²) in [4.78, 5) is 11.8. The van der Waals surface area contributed by atoms with Gasteiger partial charge in [-0.05, 0) is 118 Å². The number of esters is 1. The fraction of sp³-hybridized carbons (Fsp3) is 0.903. The number of fused-ring (bicyclic) bond motifs is 5. The standard InChI is InChI=1S/C31H54O3Si/c1-21(10-9-11-22(2)29(32)33-5)26-14-15-27-25-13-12-23-20-24(34-35(6,7)8)16-18-30(23,3)28(25)17-19-31(26,27)4/h12,21-22,24-28H,9-11,13-20H2,1-8H3. The van der Waals surface area contributed by atoms with Crippen molar-refractivity contribution in [3.63, 3.8) is 0 Å². The molecular formula is C31H54O3Si. The summed E-state index contributed by atoms with van der Waals surface area (Å²) in [6, 6.07) is 0. The van der Waals surface area contributed by atoms with Crippen LogP contribution >= 0.6 is 0 Å². The van der Waals surface area contributed by atoms with Gasteiger partial charge in [0.05, 0.1) is 13.0 Å². The predicted molar refractivity (Wildman–Crippen MR) is 148 cm³/mol. The maximum Gasteiger partial charge on any atom is 0.308 e. The van der Waals surface area contributed by atoms with E-state index in [0.29, 0.717) is 16.9 Å². The molecule has 0 saturated heterocycles. The maximum absolute atomic E-state index is 11.8. The Hall–Kier alpha value is -0.613. The first-order valence-electron chi connectivity index (χ1n) is 14.8. The molecule has 4 rings (SSSR count). The smallest absolute Gasteiger partial charge is 0.308 e. The molecule has 3 nitrogen and oxygen atoms in total. The first-order valence-corrected chi connectivity index (χ1v) is 18.2. The van der Waals surface area contributed by atoms with Gasteiger partial charge in [0.25, 0.3) is 0 Å². The van der Waals surface area contributed by atoms with Crippen LogP contribution in [-0.2, 0) is 14.0 Å². The molecule has 0 radical (unpaired) electrons. The Kier molecular flexibility index (Phi) is 8.05. The lowest BCUT2D eigenvalue weighted by atomic mass is 9.47. The lowest BCUT2D eigenvalue weighted by Gasteiger charge is -2.58. The molecule has 9 atom stereocenters. The van der Waals surface area contributed by atoms with Crippen LogP contribution in [0.15, 0.2) is 11.6 Å². The molecule has 0 heterocycles. The van der Waals surface area contributed by atoms with E-state index >= 15 is 0 Å². The number of hydrogen-bond donors (Lipinski definition) is 0. The fourth-order valence-electron chi connectivity index (χ4n) is 9.47. The number of rotatable bonds is 8. The van der Waals surface area contributed by atoms with Crippen LogP contribution in [0.25, 0.3) is 0 Å². The van der Waals surface area contributed by atoms with E-state index in [1.54, 1.807) is 5.57 Å². The van der Waals surface area contributed by atoms with E-state index < -0.39 is 8.32 Å². The summed E-state index contributed by atoms with van der Waals surface area (Å²) in [7, 11) is 0.0278. The molecular weight excluding hydrogens is 448 g/mol. The van der Waals surface area contributed by atoms with Crippen LogP contribution in [0.4, 0.5) is 0 Å². The second kappa shape index (κ2) is 10.3. The van der Waals surface area contributed by atoms with Gasteiger partial charge in [-0.2, -0.15) is 0 Å². The summed E-state index contributed by atoms with van der Waals surface area (Å²) in [6.07, 6.45) is 17.3. The van der Waals surface area contributed by atoms with Crippen molar-refractivity contribution in [1.29, 1.82) is 0 Å². The minimum Gasteiger partial charge on any atom is -0.469 e. The SMILES string of the molecule is COC(=O)C(C)CCCC(C)C1CCC2C3CC=C4CC(O[Si](C)(C)C)CCC4(C)C3CCC12C. The lowest BCUT2D eigenvalue weighted by molar-refractivity contribution is -0.145. The van der Waals surface area contributed by atoms with Gasteiger partial charge in [-0.15, -0.1) is 0 Å². The third-order valence-corrected chi connectivity index (χ3v) is 12.3. The van der Waals surface area contributed by atoms with Gasteiger partial charge in [-0.25, -0.2) is 0 Å². The molecule has 4 aliphatic carbocycles. The van der Waals surface area contributed by atoms with Gasteiger partial charge >= 0.3 is 5.97 Å². The summed E-state index contributed by atoms with van der Waals surface area (Å²) in [6.45, 7) is 16.8. The number of allylic oxidation sites excluding steroid dienone is 1. The molecule has 35 heavy (non-hydrogen) atoms. The Balaban J connectivity index is 1.41. The number of carbonyl (C=O) groups is 1. The molecule has 4 heteroatoms. The van der Waals surface area contributed by atoms with Crippen molar-refractivity contribution in [3.05, 3.63) is 11.6 Å². The van der Waals surface area contributed by atoms with E-state index in [2.05, 4.69) is 46.5 Å². The van der Waals surface area contributed by atoms with Crippen molar-refractivity contribution in [1.82, 2.24) is 0 Å². The molecule has 0 aliphatic heterocycles. The van der Waals surface area contributed by atoms with E-state index in [1.165, 1.54) is 64.9 Å². The Morgan fingerprint density at radius 2 is 1.80 bits per heavy atom. The van der Waals surface area contributed by atoms with Gasteiger partial charge in [0.1, 0.15) is 0 Å². The van der Waals surface area contributed by atoms with Crippen molar-refractivity contribution in [3.8, 4) is 0 Å². The highest BCUT2D eigenvalue weighted by Gasteiger charge is 2.59. The van der Waals surface area contributed by atoms with Gasteiger partial charge in [-0.1, -0.05) is 52.2 Å². The monoisotopic (exact) mass is 502 g/mol. The van der Waals surface area contributed by atoms with Crippen LogP contribution in [-0.4, -0.2) is 27.5 Å². The van der Waals surface area contributed by atoms with Gasteiger partial charge in [0.2, 0.25) is 0 Å². The van der Waals surface area contributed by atoms with E-state index in [-0.39, 0.29) is 11.9 Å². The normalized spacial score (nSPS) is 40.7. The highest BCUT2D eigenvalue weighted by molar-refractivity contribution is 6.69. The van der Waals surface area contributed by atoms with Crippen LogP contribution in [0.5, 0.6) is 0 Å². The summed E-state index contributed by atoms with van der Waals surface area (Å²) in [5, 5.41) is 0. The number of methoxy groups -OCH3 is 1. The third kappa shape index (κ3) is 5.35. The summed E-state index contributed by atoms with van der Waals surface area (Å²) in [5.41, 5.74) is 2.67. The zero-order chi connectivity index (χ0) is 25.6. The molecule has 0 bridgehead atoms. The quantitative estimate of drug-likeness (QED) is 0.190. The number of hydrogen-bond acceptors (Lipinski definition) is 3. The Morgan fingerprint density at radius 3 is 2.49 bits per heavy atom. The first kappa shape index (κ1) is 27.4. The summed E-state index contributed by atoms with van der Waals surface area (Å²) < 4.78 is 11.5. The Morgan fingerprint density at radius 1 is 1.06 bits per heavy atom. The first-order chi connectivity index (χ1) is 16.4. The largest absolute Gasteiger partial charge is 0.469 e. The zero-order valence-electron chi connectivity index (χ0n) is 24.1. The van der Waals surface area contributed by atoms with Crippen molar-refractivity contribution in [2.24, 2.45) is 46.3 Å². The Bertz CT molecular complexity index is 800. The van der Waals surface area contributed by atoms with Crippen molar-refractivity contribution >= 4 is 14.3 Å². The number of ether oxygens (including phenoxy) is 1. The molecule has 3 fully saturated rings. The predicted octanol–water partition coefficient (Wildman–Crippen LogP) is 8.40. The average molecular weight is 503 g/mol. The van der Waals surface area contributed by atoms with Crippen LogP contribution < -0.4 is 0 Å². The fourth-order valence-corrected chi connectivity index (χ4v) is 10.7. The Labute approximate surface area is 217 Å². The van der Waals surface area contributed by atoms with Crippen LogP contribution in [0.3, 0.4) is 0 Å². The molecule has 200 valence electrons. The van der Waals surface area contributed by atoms with Crippen molar-refractivity contribution < 1.29 is 14.0 Å². The van der Waals surface area contributed by atoms with Gasteiger partial charge in [0.15, 0.2) is 8.32 Å². The molecule has 0 aromatic heterocycles. The van der Waals surface area contributed by atoms with E-state index in [0.717, 1.165) is 42.4 Å². The number of carbonyl (C=O) groups excluding carboxylic acids is 1. The zero-order valence-corrected chi connectivity index (χ0v) is 25.1. The molecule has 0 aromatic rings. The minimum absolute atomic E-state index is 0.0322. The van der Waals surface area contributed by atoms with E-state index in [1.807, 2.05) is 6.92 Å². The molecule has 9 unspecified atom stereocenters.